The van der Waals surface area contributed by atoms with E-state index in [0.29, 0.717) is 6.04 Å². The topological polar surface area (TPSA) is 70.4 Å². The molecule has 0 radical (unpaired) electrons. The number of carboxylic acids is 1. The van der Waals surface area contributed by atoms with E-state index in [-0.39, 0.29) is 0 Å². The molecule has 2 rings (SSSR count). The number of likely N-dealkylation sites (tertiary alicyclic amines) is 1. The van der Waals surface area contributed by atoms with Gasteiger partial charge in [-0.05, 0) is 39.4 Å². The number of nitrogens with zero attached hydrogens (tertiary/aromatic N) is 3. The van der Waals surface area contributed by atoms with Crippen LogP contribution in [0.2, 0.25) is 0 Å². The molecular formula is C13H21F3N4O2. The molecule has 2 N–H and O–H groups in total. The third-order valence-electron chi connectivity index (χ3n) is 3.27. The van der Waals surface area contributed by atoms with E-state index in [1.807, 2.05) is 24.1 Å². The molecule has 9 heteroatoms. The molecule has 2 heterocycles. The first kappa shape index (κ1) is 18.3. The third kappa shape index (κ3) is 6.79. The van der Waals surface area contributed by atoms with Crippen molar-refractivity contribution < 1.29 is 23.1 Å². The number of aromatic nitrogens is 2. The smallest absolute Gasteiger partial charge is 0.475 e. The van der Waals surface area contributed by atoms with Gasteiger partial charge in [0.25, 0.3) is 0 Å². The van der Waals surface area contributed by atoms with Crippen molar-refractivity contribution in [3.05, 3.63) is 12.4 Å². The molecule has 0 spiro atoms. The lowest BCUT2D eigenvalue weighted by atomic mass is 10.1. The van der Waals surface area contributed by atoms with Crippen molar-refractivity contribution in [1.29, 1.82) is 0 Å². The Morgan fingerprint density at radius 2 is 2.00 bits per heavy atom. The van der Waals surface area contributed by atoms with Crippen LogP contribution in [0.5, 0.6) is 0 Å². The Morgan fingerprint density at radius 3 is 2.50 bits per heavy atom. The number of rotatable bonds is 2. The second-order valence-electron chi connectivity index (χ2n) is 5.28. The summed E-state index contributed by atoms with van der Waals surface area (Å²) < 4.78 is 33.6. The van der Waals surface area contributed by atoms with Crippen molar-refractivity contribution in [1.82, 2.24) is 14.7 Å². The Hall–Kier alpha value is -1.77. The van der Waals surface area contributed by atoms with Crippen LogP contribution in [-0.2, 0) is 11.8 Å². The summed E-state index contributed by atoms with van der Waals surface area (Å²) in [5.41, 5.74) is 1.15. The molecule has 0 bridgehead atoms. The molecule has 126 valence electrons. The van der Waals surface area contributed by atoms with E-state index in [0.717, 1.165) is 5.69 Å². The standard InChI is InChI=1S/C11H20N4.C2HF3O2/c1-14-6-3-4-10(5-7-14)13-11-8-12-15(2)9-11;3-2(4,5)1(6)7/h8-10,13H,3-7H2,1-2H3;(H,6,7). The third-order valence-corrected chi connectivity index (χ3v) is 3.27. The van der Waals surface area contributed by atoms with Gasteiger partial charge >= 0.3 is 12.1 Å². The Bertz CT molecular complexity index is 476. The molecule has 0 saturated carbocycles. The summed E-state index contributed by atoms with van der Waals surface area (Å²) in [5.74, 6) is -2.76. The number of carboxylic acid groups (broad SMARTS) is 1. The number of aliphatic carboxylic acids is 1. The first-order valence-electron chi connectivity index (χ1n) is 6.92. The zero-order chi connectivity index (χ0) is 16.8. The van der Waals surface area contributed by atoms with E-state index < -0.39 is 12.1 Å². The van der Waals surface area contributed by atoms with Crippen LogP contribution in [0, 0.1) is 0 Å². The van der Waals surface area contributed by atoms with Crippen LogP contribution >= 0.6 is 0 Å². The predicted molar refractivity (Wildman–Crippen MR) is 75.7 cm³/mol. The fourth-order valence-corrected chi connectivity index (χ4v) is 2.12. The van der Waals surface area contributed by atoms with Gasteiger partial charge < -0.3 is 15.3 Å². The quantitative estimate of drug-likeness (QED) is 0.871. The molecule has 1 aromatic rings. The highest BCUT2D eigenvalue weighted by atomic mass is 19.4. The number of anilines is 1. The van der Waals surface area contributed by atoms with Gasteiger partial charge in [0.1, 0.15) is 0 Å². The minimum atomic E-state index is -5.08. The lowest BCUT2D eigenvalue weighted by Crippen LogP contribution is -2.22. The van der Waals surface area contributed by atoms with E-state index in [1.165, 1.54) is 32.4 Å². The van der Waals surface area contributed by atoms with Crippen LogP contribution < -0.4 is 5.32 Å². The number of aryl methyl sites for hydroxylation is 1. The first-order chi connectivity index (χ1) is 10.2. The number of hydrogen-bond acceptors (Lipinski definition) is 4. The molecule has 1 aromatic heterocycles. The Balaban J connectivity index is 0.000000295. The van der Waals surface area contributed by atoms with Gasteiger partial charge in [0.15, 0.2) is 0 Å². The summed E-state index contributed by atoms with van der Waals surface area (Å²) in [6.45, 7) is 2.42. The number of hydrogen-bond donors (Lipinski definition) is 2. The monoisotopic (exact) mass is 322 g/mol. The first-order valence-corrected chi connectivity index (χ1v) is 6.92. The van der Waals surface area contributed by atoms with Gasteiger partial charge in [-0.15, -0.1) is 0 Å². The molecule has 1 aliphatic heterocycles. The molecule has 1 atom stereocenters. The molecule has 6 nitrogen and oxygen atoms in total. The van der Waals surface area contributed by atoms with Gasteiger partial charge in [-0.2, -0.15) is 18.3 Å². The van der Waals surface area contributed by atoms with Crippen LogP contribution in [0.3, 0.4) is 0 Å². The minimum absolute atomic E-state index is 0.610. The lowest BCUT2D eigenvalue weighted by molar-refractivity contribution is -0.192. The fourth-order valence-electron chi connectivity index (χ4n) is 2.12. The van der Waals surface area contributed by atoms with E-state index in [9.17, 15) is 13.2 Å². The summed E-state index contributed by atoms with van der Waals surface area (Å²) >= 11 is 0. The maximum atomic E-state index is 10.6. The van der Waals surface area contributed by atoms with Crippen molar-refractivity contribution in [2.45, 2.75) is 31.5 Å². The summed E-state index contributed by atoms with van der Waals surface area (Å²) in [5, 5.41) is 14.8. The number of carbonyl (C=O) groups is 1. The molecule has 1 fully saturated rings. The molecule has 1 saturated heterocycles. The van der Waals surface area contributed by atoms with Crippen LogP contribution in [0.1, 0.15) is 19.3 Å². The van der Waals surface area contributed by atoms with E-state index >= 15 is 0 Å². The van der Waals surface area contributed by atoms with Crippen molar-refractivity contribution >= 4 is 11.7 Å². The van der Waals surface area contributed by atoms with Crippen LogP contribution in [0.4, 0.5) is 18.9 Å². The molecule has 22 heavy (non-hydrogen) atoms. The summed E-state index contributed by atoms with van der Waals surface area (Å²) in [6, 6.07) is 0.610. The maximum Gasteiger partial charge on any atom is 0.490 e. The van der Waals surface area contributed by atoms with Crippen LogP contribution in [-0.4, -0.2) is 58.1 Å². The number of halogens is 3. The fraction of sp³-hybridized carbons (Fsp3) is 0.692. The highest BCUT2D eigenvalue weighted by Gasteiger charge is 2.38. The van der Waals surface area contributed by atoms with Crippen molar-refractivity contribution in [2.24, 2.45) is 7.05 Å². The van der Waals surface area contributed by atoms with Crippen molar-refractivity contribution in [3.63, 3.8) is 0 Å². The van der Waals surface area contributed by atoms with E-state index in [1.54, 1.807) is 0 Å². The Labute approximate surface area is 126 Å². The van der Waals surface area contributed by atoms with Gasteiger partial charge in [-0.3, -0.25) is 4.68 Å². The Morgan fingerprint density at radius 1 is 1.36 bits per heavy atom. The molecular weight excluding hydrogens is 301 g/mol. The summed E-state index contributed by atoms with van der Waals surface area (Å²) in [4.78, 5) is 11.3. The highest BCUT2D eigenvalue weighted by molar-refractivity contribution is 5.73. The average Bonchev–Trinajstić information content (AvgIpc) is 2.69. The van der Waals surface area contributed by atoms with Gasteiger partial charge in [-0.1, -0.05) is 0 Å². The normalized spacial score (nSPS) is 19.8. The van der Waals surface area contributed by atoms with Gasteiger partial charge in [0.05, 0.1) is 11.9 Å². The highest BCUT2D eigenvalue weighted by Crippen LogP contribution is 2.15. The van der Waals surface area contributed by atoms with E-state index in [2.05, 4.69) is 22.4 Å². The van der Waals surface area contributed by atoms with Crippen LogP contribution in [0.15, 0.2) is 12.4 Å². The second-order valence-corrected chi connectivity index (χ2v) is 5.28. The zero-order valence-corrected chi connectivity index (χ0v) is 12.6. The summed E-state index contributed by atoms with van der Waals surface area (Å²) in [6.07, 6.45) is 2.63. The largest absolute Gasteiger partial charge is 0.490 e. The average molecular weight is 322 g/mol. The predicted octanol–water partition coefficient (Wildman–Crippen LogP) is 1.95. The van der Waals surface area contributed by atoms with Gasteiger partial charge in [0.2, 0.25) is 0 Å². The Kier molecular flexibility index (Phi) is 6.66. The summed E-state index contributed by atoms with van der Waals surface area (Å²) in [7, 11) is 4.15. The maximum absolute atomic E-state index is 10.6. The van der Waals surface area contributed by atoms with Crippen molar-refractivity contribution in [3.8, 4) is 0 Å². The van der Waals surface area contributed by atoms with Gasteiger partial charge in [0, 0.05) is 19.3 Å². The lowest BCUT2D eigenvalue weighted by Gasteiger charge is -2.16. The number of nitrogens with one attached hydrogen (secondary N) is 1. The number of alkyl halides is 3. The van der Waals surface area contributed by atoms with Crippen molar-refractivity contribution in [2.75, 3.05) is 25.5 Å². The SMILES string of the molecule is CN1CCCC(Nc2cnn(C)c2)CC1.O=C(O)C(F)(F)F. The molecule has 1 aliphatic rings. The molecule has 0 amide bonds. The molecule has 0 aliphatic carbocycles. The van der Waals surface area contributed by atoms with Crippen LogP contribution in [0.25, 0.3) is 0 Å². The second kappa shape index (κ2) is 8.02. The molecule has 0 aromatic carbocycles. The minimum Gasteiger partial charge on any atom is -0.475 e. The molecule has 1 unspecified atom stereocenters. The van der Waals surface area contributed by atoms with Gasteiger partial charge in [-0.25, -0.2) is 4.79 Å². The zero-order valence-electron chi connectivity index (χ0n) is 12.6. The van der Waals surface area contributed by atoms with E-state index in [4.69, 9.17) is 9.90 Å².